The molecule has 0 radical (unpaired) electrons. The van der Waals surface area contributed by atoms with Gasteiger partial charge in [0.25, 0.3) is 0 Å². The smallest absolute Gasteiger partial charge is 0.116 e. The largest absolute Gasteiger partial charge is 0.381 e. The second-order valence-electron chi connectivity index (χ2n) is 6.36. The van der Waals surface area contributed by atoms with Gasteiger partial charge in [0, 0.05) is 16.5 Å². The van der Waals surface area contributed by atoms with Crippen molar-refractivity contribution in [1.29, 1.82) is 5.26 Å². The lowest BCUT2D eigenvalue weighted by molar-refractivity contribution is 0.295. The predicted octanol–water partition coefficient (Wildman–Crippen LogP) is 5.40. The van der Waals surface area contributed by atoms with E-state index in [2.05, 4.69) is 42.0 Å². The van der Waals surface area contributed by atoms with Gasteiger partial charge >= 0.3 is 0 Å². The van der Waals surface area contributed by atoms with Gasteiger partial charge in [-0.3, -0.25) is 0 Å². The number of benzene rings is 1. The Kier molecular flexibility index (Phi) is 8.02. The van der Waals surface area contributed by atoms with Gasteiger partial charge in [-0.15, -0.1) is 11.8 Å². The standard InChI is InChI=1S/C20H27ClN4S/c1-5-25(6-2)11-7-8-14(3)23-19-16-10-9-15(21)12-18(16)24-20(26-4)17(19)13-22/h9-10,12,14H,5-8,11H2,1-4H3,(H,23,24)/t14-/m1/s1. The Morgan fingerprint density at radius 3 is 2.69 bits per heavy atom. The van der Waals surface area contributed by atoms with Gasteiger partial charge in [-0.2, -0.15) is 5.26 Å². The van der Waals surface area contributed by atoms with E-state index in [4.69, 9.17) is 11.6 Å². The van der Waals surface area contributed by atoms with E-state index < -0.39 is 0 Å². The van der Waals surface area contributed by atoms with Crippen LogP contribution in [0.3, 0.4) is 0 Å². The maximum atomic E-state index is 9.69. The van der Waals surface area contributed by atoms with Gasteiger partial charge in [-0.25, -0.2) is 4.98 Å². The minimum Gasteiger partial charge on any atom is -0.381 e. The highest BCUT2D eigenvalue weighted by Crippen LogP contribution is 2.34. The molecule has 1 heterocycles. The Bertz CT molecular complexity index is 783. The molecule has 0 saturated carbocycles. The summed E-state index contributed by atoms with van der Waals surface area (Å²) >= 11 is 7.62. The lowest BCUT2D eigenvalue weighted by atomic mass is 10.1. The van der Waals surface area contributed by atoms with E-state index >= 15 is 0 Å². The van der Waals surface area contributed by atoms with Crippen LogP contribution in [0, 0.1) is 11.3 Å². The molecule has 140 valence electrons. The molecule has 26 heavy (non-hydrogen) atoms. The molecule has 0 unspecified atom stereocenters. The highest BCUT2D eigenvalue weighted by atomic mass is 35.5. The molecule has 1 aromatic carbocycles. The monoisotopic (exact) mass is 390 g/mol. The molecule has 0 aliphatic heterocycles. The first-order chi connectivity index (χ1) is 12.5. The fourth-order valence-corrected chi connectivity index (χ4v) is 3.80. The SMILES string of the molecule is CCN(CC)CCC[C@@H](C)Nc1c(C#N)c(SC)nc2cc(Cl)ccc12. The van der Waals surface area contributed by atoms with Crippen molar-refractivity contribution in [3.63, 3.8) is 0 Å². The summed E-state index contributed by atoms with van der Waals surface area (Å²) in [4.78, 5) is 7.04. The maximum absolute atomic E-state index is 9.69. The number of halogens is 1. The van der Waals surface area contributed by atoms with Crippen LogP contribution in [0.15, 0.2) is 23.2 Å². The topological polar surface area (TPSA) is 52.0 Å². The number of anilines is 1. The molecule has 0 bridgehead atoms. The molecule has 2 rings (SSSR count). The fourth-order valence-electron chi connectivity index (χ4n) is 3.10. The van der Waals surface area contributed by atoms with Crippen LogP contribution >= 0.6 is 23.4 Å². The first kappa shape index (κ1) is 20.8. The third-order valence-corrected chi connectivity index (χ3v) is 5.53. The van der Waals surface area contributed by atoms with Crippen molar-refractivity contribution in [2.45, 2.75) is 44.7 Å². The number of nitriles is 1. The average Bonchev–Trinajstić information content (AvgIpc) is 2.64. The molecule has 0 aliphatic rings. The normalized spacial score (nSPS) is 12.3. The minimum absolute atomic E-state index is 0.272. The molecule has 0 saturated heterocycles. The van der Waals surface area contributed by atoms with E-state index in [1.807, 2.05) is 24.5 Å². The number of nitrogens with zero attached hydrogens (tertiary/aromatic N) is 3. The summed E-state index contributed by atoms with van der Waals surface area (Å²) in [6.45, 7) is 9.84. The number of fused-ring (bicyclic) bond motifs is 1. The zero-order chi connectivity index (χ0) is 19.1. The minimum atomic E-state index is 0.272. The molecular formula is C20H27ClN4S. The molecule has 4 nitrogen and oxygen atoms in total. The average molecular weight is 391 g/mol. The Balaban J connectivity index is 2.25. The van der Waals surface area contributed by atoms with Gasteiger partial charge in [0.2, 0.25) is 0 Å². The number of pyridine rings is 1. The number of rotatable bonds is 9. The highest BCUT2D eigenvalue weighted by Gasteiger charge is 2.16. The molecule has 6 heteroatoms. The Labute approximate surface area is 165 Å². The molecule has 1 N–H and O–H groups in total. The maximum Gasteiger partial charge on any atom is 0.116 e. The van der Waals surface area contributed by atoms with Gasteiger partial charge in [0.1, 0.15) is 16.7 Å². The summed E-state index contributed by atoms with van der Waals surface area (Å²) in [5, 5.41) is 15.6. The van der Waals surface area contributed by atoms with E-state index in [-0.39, 0.29) is 6.04 Å². The fraction of sp³-hybridized carbons (Fsp3) is 0.500. The summed E-state index contributed by atoms with van der Waals surface area (Å²) in [6, 6.07) is 8.25. The molecule has 0 spiro atoms. The lowest BCUT2D eigenvalue weighted by Gasteiger charge is -2.22. The van der Waals surface area contributed by atoms with E-state index in [1.165, 1.54) is 11.8 Å². The third-order valence-electron chi connectivity index (χ3n) is 4.62. The van der Waals surface area contributed by atoms with Crippen LogP contribution in [0.25, 0.3) is 10.9 Å². The summed E-state index contributed by atoms with van der Waals surface area (Å²) in [5.74, 6) is 0. The van der Waals surface area contributed by atoms with Crippen molar-refractivity contribution in [2.75, 3.05) is 31.2 Å². The van der Waals surface area contributed by atoms with E-state index in [0.29, 0.717) is 10.6 Å². The second kappa shape index (κ2) is 10.0. The molecular weight excluding hydrogens is 364 g/mol. The molecule has 1 aromatic heterocycles. The van der Waals surface area contributed by atoms with Crippen LogP contribution in [0.5, 0.6) is 0 Å². The van der Waals surface area contributed by atoms with Gasteiger partial charge < -0.3 is 10.2 Å². The predicted molar refractivity (Wildman–Crippen MR) is 113 cm³/mol. The summed E-state index contributed by atoms with van der Waals surface area (Å²) in [7, 11) is 0. The quantitative estimate of drug-likeness (QED) is 0.580. The van der Waals surface area contributed by atoms with Crippen molar-refractivity contribution < 1.29 is 0 Å². The van der Waals surface area contributed by atoms with Crippen molar-refractivity contribution >= 4 is 40.0 Å². The van der Waals surface area contributed by atoms with E-state index in [9.17, 15) is 5.26 Å². The van der Waals surface area contributed by atoms with Gasteiger partial charge in [-0.1, -0.05) is 25.4 Å². The zero-order valence-corrected chi connectivity index (χ0v) is 17.5. The molecule has 0 fully saturated rings. The lowest BCUT2D eigenvalue weighted by Crippen LogP contribution is -2.25. The van der Waals surface area contributed by atoms with Crippen molar-refractivity contribution in [1.82, 2.24) is 9.88 Å². The van der Waals surface area contributed by atoms with Gasteiger partial charge in [0.15, 0.2) is 0 Å². The van der Waals surface area contributed by atoms with Crippen molar-refractivity contribution in [2.24, 2.45) is 0 Å². The highest BCUT2D eigenvalue weighted by molar-refractivity contribution is 7.98. The Morgan fingerprint density at radius 1 is 1.35 bits per heavy atom. The van der Waals surface area contributed by atoms with Crippen LogP contribution < -0.4 is 5.32 Å². The van der Waals surface area contributed by atoms with Crippen LogP contribution in [0.4, 0.5) is 5.69 Å². The number of nitrogens with one attached hydrogen (secondary N) is 1. The van der Waals surface area contributed by atoms with E-state index in [1.54, 1.807) is 0 Å². The number of hydrogen-bond donors (Lipinski definition) is 1. The Hall–Kier alpha value is -1.48. The van der Waals surface area contributed by atoms with Gasteiger partial charge in [-0.05, 0) is 63.9 Å². The number of aromatic nitrogens is 1. The third kappa shape index (κ3) is 5.03. The number of hydrogen-bond acceptors (Lipinski definition) is 5. The summed E-state index contributed by atoms with van der Waals surface area (Å²) in [5.41, 5.74) is 2.30. The van der Waals surface area contributed by atoms with Gasteiger partial charge in [0.05, 0.1) is 11.2 Å². The van der Waals surface area contributed by atoms with Crippen LogP contribution in [-0.2, 0) is 0 Å². The molecule has 1 atom stereocenters. The first-order valence-corrected chi connectivity index (χ1v) is 10.7. The molecule has 0 amide bonds. The molecule has 2 aromatic rings. The van der Waals surface area contributed by atoms with Crippen molar-refractivity contribution in [3.8, 4) is 6.07 Å². The Morgan fingerprint density at radius 2 is 2.08 bits per heavy atom. The first-order valence-electron chi connectivity index (χ1n) is 9.10. The molecule has 0 aliphatic carbocycles. The van der Waals surface area contributed by atoms with Crippen molar-refractivity contribution in [3.05, 3.63) is 28.8 Å². The zero-order valence-electron chi connectivity index (χ0n) is 16.0. The second-order valence-corrected chi connectivity index (χ2v) is 7.59. The van der Waals surface area contributed by atoms with Crippen LogP contribution in [0.1, 0.15) is 39.2 Å². The summed E-state index contributed by atoms with van der Waals surface area (Å²) in [6.07, 6.45) is 4.12. The van der Waals surface area contributed by atoms with Crippen LogP contribution in [-0.4, -0.2) is 41.8 Å². The van der Waals surface area contributed by atoms with Crippen LogP contribution in [0.2, 0.25) is 5.02 Å². The number of thioether (sulfide) groups is 1. The summed E-state index contributed by atoms with van der Waals surface area (Å²) < 4.78 is 0. The van der Waals surface area contributed by atoms with E-state index in [0.717, 1.165) is 54.1 Å².